The maximum Gasteiger partial charge on any atom is 0.323 e. The smallest absolute Gasteiger partial charge is 0.323 e. The Morgan fingerprint density at radius 1 is 1.00 bits per heavy atom. The molecule has 2 fully saturated rings. The lowest BCUT2D eigenvalue weighted by Gasteiger charge is -2.55. The molecule has 0 aromatic heterocycles. The highest BCUT2D eigenvalue weighted by Gasteiger charge is 2.71. The molecule has 4 aromatic carbocycles. The third kappa shape index (κ3) is 5.59. The zero-order valence-corrected chi connectivity index (χ0v) is 28.1. The first-order valence-corrected chi connectivity index (χ1v) is 16.6. The van der Waals surface area contributed by atoms with Crippen LogP contribution in [-0.4, -0.2) is 54.3 Å². The zero-order valence-electron chi connectivity index (χ0n) is 26.6. The number of esters is 1. The summed E-state index contributed by atoms with van der Waals surface area (Å²) >= 11 is 12.9. The SMILES string of the molecule is COC(=O)C1[C@H](c2cccc(Cl)c2F)[C@@](C)(c2ccc(Cl)cc2NC=O)C2(CCOCC2)N1C(c1ccccc1)C(O)c1ccccc1. The average Bonchev–Trinajstić information content (AvgIpc) is 3.31. The lowest BCUT2D eigenvalue weighted by molar-refractivity contribution is -0.154. The molecule has 1 amide bonds. The number of aliphatic hydroxyl groups excluding tert-OH is 1. The van der Waals surface area contributed by atoms with E-state index in [2.05, 4.69) is 10.2 Å². The number of nitrogens with zero attached hydrogens (tertiary/aromatic N) is 1. The van der Waals surface area contributed by atoms with Crippen molar-refractivity contribution >= 4 is 41.3 Å². The minimum Gasteiger partial charge on any atom is -0.468 e. The van der Waals surface area contributed by atoms with Gasteiger partial charge in [-0.05, 0) is 53.3 Å². The van der Waals surface area contributed by atoms with Crippen LogP contribution in [0.15, 0.2) is 97.1 Å². The van der Waals surface area contributed by atoms with Crippen molar-refractivity contribution in [1.82, 2.24) is 4.90 Å². The van der Waals surface area contributed by atoms with Crippen LogP contribution in [0.4, 0.5) is 10.1 Å². The average molecular weight is 692 g/mol. The molecule has 2 N–H and O–H groups in total. The Hall–Kier alpha value is -3.79. The third-order valence-electron chi connectivity index (χ3n) is 10.4. The quantitative estimate of drug-likeness (QED) is 0.139. The van der Waals surface area contributed by atoms with Gasteiger partial charge in [0.1, 0.15) is 11.9 Å². The van der Waals surface area contributed by atoms with E-state index in [0.717, 1.165) is 5.56 Å². The van der Waals surface area contributed by atoms with E-state index < -0.39 is 46.8 Å². The molecule has 0 radical (unpaired) electrons. The first-order chi connectivity index (χ1) is 23.2. The molecule has 2 heterocycles. The van der Waals surface area contributed by atoms with Gasteiger partial charge in [-0.3, -0.25) is 14.5 Å². The van der Waals surface area contributed by atoms with Gasteiger partial charge >= 0.3 is 5.97 Å². The molecule has 0 bridgehead atoms. The second-order valence-electron chi connectivity index (χ2n) is 12.5. The number of benzene rings is 4. The summed E-state index contributed by atoms with van der Waals surface area (Å²) in [4.78, 5) is 28.6. The summed E-state index contributed by atoms with van der Waals surface area (Å²) < 4.78 is 28.1. The van der Waals surface area contributed by atoms with Crippen LogP contribution in [0.25, 0.3) is 0 Å². The number of carbonyl (C=O) groups excluding carboxylic acids is 2. The fourth-order valence-electron chi connectivity index (χ4n) is 8.39. The molecule has 6 rings (SSSR count). The molecular weight excluding hydrogens is 654 g/mol. The van der Waals surface area contributed by atoms with Gasteiger partial charge in [-0.15, -0.1) is 0 Å². The van der Waals surface area contributed by atoms with E-state index in [9.17, 15) is 14.7 Å². The van der Waals surface area contributed by atoms with Gasteiger partial charge < -0.3 is 19.9 Å². The summed E-state index contributed by atoms with van der Waals surface area (Å²) in [6.07, 6.45) is 0.263. The van der Waals surface area contributed by atoms with Gasteiger partial charge in [-0.25, -0.2) is 4.39 Å². The van der Waals surface area contributed by atoms with Crippen LogP contribution in [0.3, 0.4) is 0 Å². The number of methoxy groups -OCH3 is 1. The molecule has 2 aliphatic heterocycles. The predicted octanol–water partition coefficient (Wildman–Crippen LogP) is 7.62. The number of amides is 1. The maximum absolute atomic E-state index is 16.5. The van der Waals surface area contributed by atoms with Crippen LogP contribution in [0.5, 0.6) is 0 Å². The Balaban J connectivity index is 1.76. The van der Waals surface area contributed by atoms with Crippen molar-refractivity contribution < 1.29 is 28.6 Å². The van der Waals surface area contributed by atoms with Crippen LogP contribution < -0.4 is 5.32 Å². The molecule has 2 saturated heterocycles. The van der Waals surface area contributed by atoms with E-state index >= 15 is 4.39 Å². The molecule has 7 nitrogen and oxygen atoms in total. The molecule has 48 heavy (non-hydrogen) atoms. The maximum atomic E-state index is 16.5. The van der Waals surface area contributed by atoms with Crippen LogP contribution in [0.1, 0.15) is 60.1 Å². The minimum absolute atomic E-state index is 0.0933. The van der Waals surface area contributed by atoms with Gasteiger partial charge in [0, 0.05) is 40.8 Å². The number of nitrogens with one attached hydrogen (secondary N) is 1. The number of hydrogen-bond donors (Lipinski definition) is 2. The minimum atomic E-state index is -1.14. The number of likely N-dealkylation sites (tertiary alicyclic amines) is 1. The Bertz CT molecular complexity index is 1770. The lowest BCUT2D eigenvalue weighted by Crippen LogP contribution is -2.61. The molecule has 0 saturated carbocycles. The van der Waals surface area contributed by atoms with Gasteiger partial charge in [0.05, 0.1) is 24.3 Å². The molecule has 3 unspecified atom stereocenters. The van der Waals surface area contributed by atoms with Crippen molar-refractivity contribution in [3.8, 4) is 0 Å². The highest BCUT2D eigenvalue weighted by atomic mass is 35.5. The van der Waals surface area contributed by atoms with Crippen LogP contribution >= 0.6 is 23.2 Å². The van der Waals surface area contributed by atoms with E-state index in [0.29, 0.717) is 54.3 Å². The highest BCUT2D eigenvalue weighted by Crippen LogP contribution is 2.66. The third-order valence-corrected chi connectivity index (χ3v) is 10.9. The van der Waals surface area contributed by atoms with Crippen LogP contribution in [0, 0.1) is 5.82 Å². The second kappa shape index (κ2) is 14.0. The van der Waals surface area contributed by atoms with Crippen LogP contribution in [0.2, 0.25) is 10.0 Å². The largest absolute Gasteiger partial charge is 0.468 e. The molecular formula is C38H37Cl2FN2O5. The lowest BCUT2D eigenvalue weighted by atomic mass is 9.57. The molecule has 250 valence electrons. The van der Waals surface area contributed by atoms with Gasteiger partial charge in [-0.2, -0.15) is 0 Å². The first kappa shape index (κ1) is 34.1. The van der Waals surface area contributed by atoms with Crippen molar-refractivity contribution in [2.45, 2.75) is 54.8 Å². The fraction of sp³-hybridized carbons (Fsp3) is 0.316. The molecule has 5 atom stereocenters. The topological polar surface area (TPSA) is 88.1 Å². The second-order valence-corrected chi connectivity index (χ2v) is 13.3. The van der Waals surface area contributed by atoms with Gasteiger partial charge in [0.2, 0.25) is 6.41 Å². The van der Waals surface area contributed by atoms with Crippen molar-refractivity contribution in [2.24, 2.45) is 0 Å². The zero-order chi connectivity index (χ0) is 34.1. The normalized spacial score (nSPS) is 23.4. The number of carbonyl (C=O) groups is 2. The van der Waals surface area contributed by atoms with Gasteiger partial charge in [-0.1, -0.05) is 109 Å². The summed E-state index contributed by atoms with van der Waals surface area (Å²) in [6, 6.07) is 26.8. The van der Waals surface area contributed by atoms with Crippen molar-refractivity contribution in [3.05, 3.63) is 135 Å². The number of halogens is 3. The summed E-state index contributed by atoms with van der Waals surface area (Å²) in [7, 11) is 1.31. The summed E-state index contributed by atoms with van der Waals surface area (Å²) in [5, 5.41) is 15.6. The molecule has 0 aliphatic carbocycles. The van der Waals surface area contributed by atoms with E-state index in [4.69, 9.17) is 32.7 Å². The number of anilines is 1. The van der Waals surface area contributed by atoms with Crippen LogP contribution in [-0.2, 0) is 24.5 Å². The number of rotatable bonds is 9. The van der Waals surface area contributed by atoms with E-state index in [1.54, 1.807) is 24.3 Å². The molecule has 4 aromatic rings. The predicted molar refractivity (Wildman–Crippen MR) is 184 cm³/mol. The Morgan fingerprint density at radius 2 is 1.65 bits per heavy atom. The summed E-state index contributed by atoms with van der Waals surface area (Å²) in [5.41, 5.74) is 0.553. The number of ether oxygens (including phenoxy) is 2. The Morgan fingerprint density at radius 3 is 2.27 bits per heavy atom. The molecule has 1 spiro atoms. The molecule has 10 heteroatoms. The van der Waals surface area contributed by atoms with Gasteiger partial charge in [0.15, 0.2) is 0 Å². The summed E-state index contributed by atoms with van der Waals surface area (Å²) in [5.74, 6) is -2.19. The Labute approximate surface area is 289 Å². The first-order valence-electron chi connectivity index (χ1n) is 15.9. The number of aliphatic hydroxyl groups is 1. The standard InChI is InChI=1S/C38H37Cl2FN2O5/c1-37(28-17-16-26(39)22-30(28)42-23-44)31(27-14-9-15-29(40)32(27)41)34(36(46)47-2)43(38(37)18-20-48-21-19-38)33(24-10-5-3-6-11-24)35(45)25-12-7-4-8-13-25/h3-17,22-23,31,33-35,45H,18-21H2,1-2H3,(H,42,44)/t31-,33?,34?,35?,37+/m0/s1. The monoisotopic (exact) mass is 690 g/mol. The Kier molecular flexibility index (Phi) is 9.93. The van der Waals surface area contributed by atoms with Crippen molar-refractivity contribution in [3.63, 3.8) is 0 Å². The van der Waals surface area contributed by atoms with Crippen molar-refractivity contribution in [1.29, 1.82) is 0 Å². The fourth-order valence-corrected chi connectivity index (χ4v) is 8.74. The number of hydrogen-bond acceptors (Lipinski definition) is 6. The summed E-state index contributed by atoms with van der Waals surface area (Å²) in [6.45, 7) is 2.66. The molecule has 2 aliphatic rings. The van der Waals surface area contributed by atoms with E-state index in [1.807, 2.05) is 73.7 Å². The van der Waals surface area contributed by atoms with E-state index in [-0.39, 0.29) is 10.6 Å². The van der Waals surface area contributed by atoms with Gasteiger partial charge in [0.25, 0.3) is 0 Å². The highest BCUT2D eigenvalue weighted by molar-refractivity contribution is 6.31. The van der Waals surface area contributed by atoms with Crippen molar-refractivity contribution in [2.75, 3.05) is 25.6 Å². The van der Waals surface area contributed by atoms with E-state index in [1.165, 1.54) is 13.2 Å².